The molecule has 0 spiro atoms. The third kappa shape index (κ3) is 3.65. The highest BCUT2D eigenvalue weighted by molar-refractivity contribution is 6.12. The normalized spacial score (nSPS) is 15.4. The summed E-state index contributed by atoms with van der Waals surface area (Å²) in [5.41, 5.74) is 2.19. The summed E-state index contributed by atoms with van der Waals surface area (Å²) in [6.07, 6.45) is 5.29. The molecular weight excluding hydrogens is 338 g/mol. The standard InChI is InChI=1S/C23H17NO3/c1-26-19-12-9-16(10-13-19)11-14-22-24-21(23(25)27-22)15-18-7-4-6-17-5-2-3-8-20(17)18/h2-15H,1H3. The Morgan fingerprint density at radius 2 is 1.70 bits per heavy atom. The lowest BCUT2D eigenvalue weighted by Gasteiger charge is -2.01. The second-order valence-corrected chi connectivity index (χ2v) is 6.04. The van der Waals surface area contributed by atoms with E-state index in [1.165, 1.54) is 0 Å². The summed E-state index contributed by atoms with van der Waals surface area (Å²) in [7, 11) is 1.63. The number of carbonyl (C=O) groups is 1. The average molecular weight is 355 g/mol. The minimum Gasteiger partial charge on any atom is -0.497 e. The number of ether oxygens (including phenoxy) is 2. The fraction of sp³-hybridized carbons (Fsp3) is 0.0435. The van der Waals surface area contributed by atoms with E-state index in [1.807, 2.05) is 72.8 Å². The first-order valence-electron chi connectivity index (χ1n) is 8.55. The monoisotopic (exact) mass is 355 g/mol. The third-order valence-corrected chi connectivity index (χ3v) is 4.29. The van der Waals surface area contributed by atoms with E-state index in [-0.39, 0.29) is 5.90 Å². The van der Waals surface area contributed by atoms with Gasteiger partial charge in [0.1, 0.15) is 5.75 Å². The molecule has 1 aliphatic rings. The van der Waals surface area contributed by atoms with Crippen molar-refractivity contribution in [3.05, 3.63) is 89.6 Å². The number of aliphatic imine (C=N–C) groups is 1. The van der Waals surface area contributed by atoms with Crippen LogP contribution in [0.1, 0.15) is 11.1 Å². The number of hydrogen-bond acceptors (Lipinski definition) is 4. The van der Waals surface area contributed by atoms with Gasteiger partial charge in [-0.2, -0.15) is 0 Å². The van der Waals surface area contributed by atoms with E-state index in [4.69, 9.17) is 9.47 Å². The molecule has 3 aromatic rings. The number of hydrogen-bond donors (Lipinski definition) is 0. The van der Waals surface area contributed by atoms with Crippen LogP contribution in [0.15, 0.2) is 83.5 Å². The number of esters is 1. The van der Waals surface area contributed by atoms with Crippen LogP contribution in [0.5, 0.6) is 5.75 Å². The van der Waals surface area contributed by atoms with Crippen molar-refractivity contribution in [2.45, 2.75) is 0 Å². The molecule has 4 rings (SSSR count). The van der Waals surface area contributed by atoms with E-state index in [2.05, 4.69) is 4.99 Å². The Hall–Kier alpha value is -3.66. The van der Waals surface area contributed by atoms with Crippen molar-refractivity contribution in [1.29, 1.82) is 0 Å². The molecule has 0 aliphatic carbocycles. The molecule has 132 valence electrons. The molecule has 27 heavy (non-hydrogen) atoms. The van der Waals surface area contributed by atoms with E-state index < -0.39 is 5.97 Å². The van der Waals surface area contributed by atoms with Gasteiger partial charge in [0.05, 0.1) is 7.11 Å². The van der Waals surface area contributed by atoms with Gasteiger partial charge in [0, 0.05) is 6.08 Å². The number of carbonyl (C=O) groups excluding carboxylic acids is 1. The molecule has 0 saturated carbocycles. The van der Waals surface area contributed by atoms with Crippen LogP contribution < -0.4 is 4.74 Å². The molecule has 0 amide bonds. The van der Waals surface area contributed by atoms with Crippen LogP contribution in [0.3, 0.4) is 0 Å². The van der Waals surface area contributed by atoms with Crippen molar-refractivity contribution < 1.29 is 14.3 Å². The summed E-state index contributed by atoms with van der Waals surface area (Å²) >= 11 is 0. The van der Waals surface area contributed by atoms with Crippen molar-refractivity contribution in [2.24, 2.45) is 4.99 Å². The number of fused-ring (bicyclic) bond motifs is 1. The van der Waals surface area contributed by atoms with E-state index >= 15 is 0 Å². The second-order valence-electron chi connectivity index (χ2n) is 6.04. The minimum absolute atomic E-state index is 0.280. The zero-order valence-corrected chi connectivity index (χ0v) is 14.8. The zero-order chi connectivity index (χ0) is 18.6. The average Bonchev–Trinajstić information content (AvgIpc) is 3.06. The second kappa shape index (κ2) is 7.30. The minimum atomic E-state index is -0.447. The number of methoxy groups -OCH3 is 1. The molecule has 3 aromatic carbocycles. The summed E-state index contributed by atoms with van der Waals surface area (Å²) in [5, 5.41) is 2.18. The molecule has 4 heteroatoms. The molecule has 1 heterocycles. The predicted molar refractivity (Wildman–Crippen MR) is 107 cm³/mol. The molecule has 4 nitrogen and oxygen atoms in total. The van der Waals surface area contributed by atoms with Crippen molar-refractivity contribution in [3.8, 4) is 5.75 Å². The van der Waals surface area contributed by atoms with Gasteiger partial charge >= 0.3 is 5.97 Å². The topological polar surface area (TPSA) is 47.9 Å². The van der Waals surface area contributed by atoms with Gasteiger partial charge in [-0.1, -0.05) is 54.6 Å². The number of cyclic esters (lactones) is 1. The van der Waals surface area contributed by atoms with Crippen LogP contribution in [0.2, 0.25) is 0 Å². The van der Waals surface area contributed by atoms with Gasteiger partial charge in [-0.3, -0.25) is 0 Å². The highest BCUT2D eigenvalue weighted by Crippen LogP contribution is 2.23. The van der Waals surface area contributed by atoms with E-state index in [0.717, 1.165) is 27.6 Å². The first-order valence-corrected chi connectivity index (χ1v) is 8.55. The Morgan fingerprint density at radius 3 is 2.52 bits per heavy atom. The summed E-state index contributed by atoms with van der Waals surface area (Å²) in [6, 6.07) is 21.6. The molecule has 0 unspecified atom stereocenters. The zero-order valence-electron chi connectivity index (χ0n) is 14.8. The largest absolute Gasteiger partial charge is 0.497 e. The molecule has 0 aromatic heterocycles. The van der Waals surface area contributed by atoms with E-state index in [1.54, 1.807) is 19.3 Å². The first-order chi connectivity index (χ1) is 13.2. The van der Waals surface area contributed by atoms with Crippen LogP contribution in [-0.4, -0.2) is 19.0 Å². The van der Waals surface area contributed by atoms with Crippen LogP contribution in [0, 0.1) is 0 Å². The fourth-order valence-electron chi connectivity index (χ4n) is 2.90. The summed E-state index contributed by atoms with van der Waals surface area (Å²) in [4.78, 5) is 16.5. The SMILES string of the molecule is COc1ccc(C=CC2=NC(=Cc3cccc4ccccc34)C(=O)O2)cc1. The number of nitrogens with zero attached hydrogens (tertiary/aromatic N) is 1. The fourth-order valence-corrected chi connectivity index (χ4v) is 2.90. The quantitative estimate of drug-likeness (QED) is 0.496. The molecule has 1 aliphatic heterocycles. The molecule has 0 fully saturated rings. The smallest absolute Gasteiger partial charge is 0.363 e. The first kappa shape index (κ1) is 16.8. The highest BCUT2D eigenvalue weighted by Gasteiger charge is 2.21. The van der Waals surface area contributed by atoms with Crippen molar-refractivity contribution in [1.82, 2.24) is 0 Å². The molecule has 0 N–H and O–H groups in total. The maximum Gasteiger partial charge on any atom is 0.363 e. The maximum atomic E-state index is 12.2. The van der Waals surface area contributed by atoms with E-state index in [9.17, 15) is 4.79 Å². The number of rotatable bonds is 4. The van der Waals surface area contributed by atoms with Crippen LogP contribution >= 0.6 is 0 Å². The van der Waals surface area contributed by atoms with Crippen LogP contribution in [0.4, 0.5) is 0 Å². The van der Waals surface area contributed by atoms with Crippen molar-refractivity contribution in [2.75, 3.05) is 7.11 Å². The van der Waals surface area contributed by atoms with Crippen molar-refractivity contribution in [3.63, 3.8) is 0 Å². The molecule has 0 saturated heterocycles. The Labute approximate surface area is 157 Å². The Kier molecular flexibility index (Phi) is 4.54. The molecular formula is C23H17NO3. The predicted octanol–water partition coefficient (Wildman–Crippen LogP) is 4.86. The summed E-state index contributed by atoms with van der Waals surface area (Å²) < 4.78 is 10.4. The van der Waals surface area contributed by atoms with Gasteiger partial charge in [0.15, 0.2) is 5.70 Å². The van der Waals surface area contributed by atoms with Crippen molar-refractivity contribution >= 4 is 34.8 Å². The van der Waals surface area contributed by atoms with Crippen LogP contribution in [-0.2, 0) is 9.53 Å². The molecule has 0 bridgehead atoms. The van der Waals surface area contributed by atoms with Gasteiger partial charge in [-0.25, -0.2) is 9.79 Å². The Balaban J connectivity index is 1.60. The lowest BCUT2D eigenvalue weighted by atomic mass is 10.0. The van der Waals surface area contributed by atoms with Crippen LogP contribution in [0.25, 0.3) is 22.9 Å². The van der Waals surface area contributed by atoms with Gasteiger partial charge < -0.3 is 9.47 Å². The Bertz CT molecular complexity index is 1090. The van der Waals surface area contributed by atoms with E-state index in [0.29, 0.717) is 5.70 Å². The lowest BCUT2D eigenvalue weighted by Crippen LogP contribution is -2.01. The van der Waals surface area contributed by atoms with Gasteiger partial charge in [0.25, 0.3) is 0 Å². The van der Waals surface area contributed by atoms with Gasteiger partial charge in [-0.15, -0.1) is 0 Å². The van der Waals surface area contributed by atoms with Gasteiger partial charge in [0.2, 0.25) is 5.90 Å². The summed E-state index contributed by atoms with van der Waals surface area (Å²) in [6.45, 7) is 0. The van der Waals surface area contributed by atoms with Gasteiger partial charge in [-0.05, 0) is 46.2 Å². The number of benzene rings is 3. The lowest BCUT2D eigenvalue weighted by molar-refractivity contribution is -0.129. The molecule has 0 atom stereocenters. The Morgan fingerprint density at radius 1 is 0.926 bits per heavy atom. The third-order valence-electron chi connectivity index (χ3n) is 4.29. The molecule has 0 radical (unpaired) electrons. The maximum absolute atomic E-state index is 12.2. The summed E-state index contributed by atoms with van der Waals surface area (Å²) in [5.74, 6) is 0.622. The highest BCUT2D eigenvalue weighted by atomic mass is 16.6.